The minimum absolute atomic E-state index is 0.107. The van der Waals surface area contributed by atoms with Crippen LogP contribution >= 0.6 is 11.3 Å². The average molecular weight is 233 g/mol. The van der Waals surface area contributed by atoms with Gasteiger partial charge in [0.1, 0.15) is 0 Å². The molecule has 0 aliphatic heterocycles. The van der Waals surface area contributed by atoms with Crippen LogP contribution in [0, 0.1) is 0 Å². The zero-order valence-corrected chi connectivity index (χ0v) is 9.83. The highest BCUT2D eigenvalue weighted by Gasteiger charge is 1.99. The van der Waals surface area contributed by atoms with Crippen LogP contribution in [-0.4, -0.2) is 5.11 Å². The van der Waals surface area contributed by atoms with Gasteiger partial charge in [0.15, 0.2) is 0 Å². The standard InChI is InChI=1S/C13H15NOS/c15-9-13-4-2-1-3-12(13)8-14-7-11-5-6-16-10-11/h1-6,10,14-15H,7-9H2. The Hall–Kier alpha value is -1.16. The van der Waals surface area contributed by atoms with E-state index in [2.05, 4.69) is 22.1 Å². The fraction of sp³-hybridized carbons (Fsp3) is 0.231. The molecule has 1 heterocycles. The Bertz CT molecular complexity index is 425. The van der Waals surface area contributed by atoms with Crippen LogP contribution in [0.15, 0.2) is 41.1 Å². The van der Waals surface area contributed by atoms with E-state index in [0.717, 1.165) is 18.7 Å². The molecule has 0 unspecified atom stereocenters. The third-order valence-corrected chi connectivity index (χ3v) is 3.25. The quantitative estimate of drug-likeness (QED) is 0.831. The van der Waals surface area contributed by atoms with Crippen LogP contribution in [0.4, 0.5) is 0 Å². The maximum absolute atomic E-state index is 9.18. The van der Waals surface area contributed by atoms with Gasteiger partial charge in [0.05, 0.1) is 6.61 Å². The lowest BCUT2D eigenvalue weighted by atomic mass is 10.1. The minimum atomic E-state index is 0.107. The van der Waals surface area contributed by atoms with Crippen molar-refractivity contribution in [2.75, 3.05) is 0 Å². The summed E-state index contributed by atoms with van der Waals surface area (Å²) in [5.74, 6) is 0. The Balaban J connectivity index is 1.89. The van der Waals surface area contributed by atoms with Crippen LogP contribution < -0.4 is 5.32 Å². The van der Waals surface area contributed by atoms with Crippen LogP contribution in [0.3, 0.4) is 0 Å². The summed E-state index contributed by atoms with van der Waals surface area (Å²) < 4.78 is 0. The first-order valence-corrected chi connectivity index (χ1v) is 6.24. The van der Waals surface area contributed by atoms with E-state index in [0.29, 0.717) is 0 Å². The summed E-state index contributed by atoms with van der Waals surface area (Å²) in [7, 11) is 0. The van der Waals surface area contributed by atoms with E-state index in [1.165, 1.54) is 11.1 Å². The molecular weight excluding hydrogens is 218 g/mol. The summed E-state index contributed by atoms with van der Waals surface area (Å²) in [4.78, 5) is 0. The van der Waals surface area contributed by atoms with Crippen molar-refractivity contribution in [1.29, 1.82) is 0 Å². The van der Waals surface area contributed by atoms with Gasteiger partial charge in [-0.3, -0.25) is 0 Å². The number of nitrogens with one attached hydrogen (secondary N) is 1. The lowest BCUT2D eigenvalue weighted by Gasteiger charge is -2.07. The Kier molecular flexibility index (Phi) is 4.10. The molecule has 1 aromatic carbocycles. The molecule has 0 saturated heterocycles. The molecule has 2 nitrogen and oxygen atoms in total. The van der Waals surface area contributed by atoms with Gasteiger partial charge in [-0.25, -0.2) is 0 Å². The van der Waals surface area contributed by atoms with Gasteiger partial charge in [-0.1, -0.05) is 24.3 Å². The molecule has 2 aromatic rings. The van der Waals surface area contributed by atoms with Crippen LogP contribution in [0.1, 0.15) is 16.7 Å². The van der Waals surface area contributed by atoms with Gasteiger partial charge in [-0.15, -0.1) is 0 Å². The first-order chi connectivity index (χ1) is 7.90. The molecule has 16 heavy (non-hydrogen) atoms. The molecule has 0 amide bonds. The van der Waals surface area contributed by atoms with E-state index in [-0.39, 0.29) is 6.61 Å². The topological polar surface area (TPSA) is 32.3 Å². The maximum atomic E-state index is 9.18. The highest BCUT2D eigenvalue weighted by molar-refractivity contribution is 7.07. The van der Waals surface area contributed by atoms with Crippen LogP contribution in [0.5, 0.6) is 0 Å². The molecule has 0 aliphatic carbocycles. The first kappa shape index (κ1) is 11.3. The normalized spacial score (nSPS) is 10.6. The van der Waals surface area contributed by atoms with Crippen molar-refractivity contribution in [3.8, 4) is 0 Å². The predicted octanol–water partition coefficient (Wildman–Crippen LogP) is 2.53. The Morgan fingerprint density at radius 2 is 1.88 bits per heavy atom. The molecule has 0 atom stereocenters. The Morgan fingerprint density at radius 1 is 1.06 bits per heavy atom. The predicted molar refractivity (Wildman–Crippen MR) is 67.2 cm³/mol. The minimum Gasteiger partial charge on any atom is -0.392 e. The van der Waals surface area contributed by atoms with Crippen molar-refractivity contribution in [1.82, 2.24) is 5.32 Å². The van der Waals surface area contributed by atoms with Gasteiger partial charge in [0, 0.05) is 13.1 Å². The summed E-state index contributed by atoms with van der Waals surface area (Å²) in [6, 6.07) is 10.1. The van der Waals surface area contributed by atoms with Gasteiger partial charge in [-0.2, -0.15) is 11.3 Å². The van der Waals surface area contributed by atoms with E-state index in [1.807, 2.05) is 24.3 Å². The molecule has 3 heteroatoms. The first-order valence-electron chi connectivity index (χ1n) is 5.29. The second-order valence-corrected chi connectivity index (χ2v) is 4.44. The number of aliphatic hydroxyl groups excluding tert-OH is 1. The van der Waals surface area contributed by atoms with Crippen LogP contribution in [0.2, 0.25) is 0 Å². The molecule has 2 N–H and O–H groups in total. The number of hydrogen-bond acceptors (Lipinski definition) is 3. The number of thiophene rings is 1. The molecule has 0 saturated carbocycles. The van der Waals surface area contributed by atoms with Gasteiger partial charge >= 0.3 is 0 Å². The highest BCUT2D eigenvalue weighted by atomic mass is 32.1. The third-order valence-electron chi connectivity index (χ3n) is 2.51. The molecular formula is C13H15NOS. The summed E-state index contributed by atoms with van der Waals surface area (Å²) in [6.45, 7) is 1.78. The summed E-state index contributed by atoms with van der Waals surface area (Å²) in [6.07, 6.45) is 0. The molecule has 0 bridgehead atoms. The van der Waals surface area contributed by atoms with Crippen LogP contribution in [0.25, 0.3) is 0 Å². The molecule has 0 radical (unpaired) electrons. The number of rotatable bonds is 5. The van der Waals surface area contributed by atoms with Crippen molar-refractivity contribution < 1.29 is 5.11 Å². The van der Waals surface area contributed by atoms with Crippen molar-refractivity contribution in [2.45, 2.75) is 19.7 Å². The van der Waals surface area contributed by atoms with Gasteiger partial charge in [0.2, 0.25) is 0 Å². The SMILES string of the molecule is OCc1ccccc1CNCc1ccsc1. The molecule has 0 aliphatic rings. The van der Waals surface area contributed by atoms with Crippen molar-refractivity contribution in [3.63, 3.8) is 0 Å². The average Bonchev–Trinajstić information content (AvgIpc) is 2.83. The van der Waals surface area contributed by atoms with Gasteiger partial charge in [0.25, 0.3) is 0 Å². The summed E-state index contributed by atoms with van der Waals surface area (Å²) >= 11 is 1.71. The maximum Gasteiger partial charge on any atom is 0.0685 e. The van der Waals surface area contributed by atoms with Crippen molar-refractivity contribution in [2.24, 2.45) is 0 Å². The molecule has 1 aromatic heterocycles. The summed E-state index contributed by atoms with van der Waals surface area (Å²) in [5, 5.41) is 16.8. The third kappa shape index (κ3) is 2.92. The fourth-order valence-corrected chi connectivity index (χ4v) is 2.29. The van der Waals surface area contributed by atoms with E-state index in [9.17, 15) is 5.11 Å². The lowest BCUT2D eigenvalue weighted by Crippen LogP contribution is -2.13. The molecule has 0 spiro atoms. The molecule has 2 rings (SSSR count). The smallest absolute Gasteiger partial charge is 0.0685 e. The molecule has 84 valence electrons. The van der Waals surface area contributed by atoms with Crippen LogP contribution in [-0.2, 0) is 19.7 Å². The molecule has 0 fully saturated rings. The van der Waals surface area contributed by atoms with E-state index in [1.54, 1.807) is 11.3 Å². The number of hydrogen-bond donors (Lipinski definition) is 2. The van der Waals surface area contributed by atoms with Gasteiger partial charge < -0.3 is 10.4 Å². The van der Waals surface area contributed by atoms with Crippen molar-refractivity contribution in [3.05, 3.63) is 57.8 Å². The summed E-state index contributed by atoms with van der Waals surface area (Å²) in [5.41, 5.74) is 3.48. The van der Waals surface area contributed by atoms with E-state index in [4.69, 9.17) is 0 Å². The number of aliphatic hydroxyl groups is 1. The monoisotopic (exact) mass is 233 g/mol. The second kappa shape index (κ2) is 5.80. The highest BCUT2D eigenvalue weighted by Crippen LogP contribution is 2.09. The largest absolute Gasteiger partial charge is 0.392 e. The number of benzene rings is 1. The zero-order valence-electron chi connectivity index (χ0n) is 9.02. The van der Waals surface area contributed by atoms with Gasteiger partial charge in [-0.05, 0) is 33.5 Å². The lowest BCUT2D eigenvalue weighted by molar-refractivity contribution is 0.280. The van der Waals surface area contributed by atoms with Crippen molar-refractivity contribution >= 4 is 11.3 Å². The Labute approximate surface area is 99.6 Å². The fourth-order valence-electron chi connectivity index (χ4n) is 1.62. The second-order valence-electron chi connectivity index (χ2n) is 3.66. The van der Waals surface area contributed by atoms with E-state index < -0.39 is 0 Å². The Morgan fingerprint density at radius 3 is 2.56 bits per heavy atom. The van der Waals surface area contributed by atoms with E-state index >= 15 is 0 Å². The zero-order chi connectivity index (χ0) is 11.2.